The SMILES string of the molecule is COc1c(Br)cc(-c2cn[nH]c2N)cc1C1CCCC1. The molecule has 1 heterocycles. The van der Waals surface area contributed by atoms with E-state index in [1.807, 2.05) is 6.07 Å². The average Bonchev–Trinajstić information content (AvgIpc) is 3.08. The maximum absolute atomic E-state index is 5.93. The number of nitrogens with one attached hydrogen (secondary N) is 1. The topological polar surface area (TPSA) is 63.9 Å². The Bertz CT molecular complexity index is 618. The Morgan fingerprint density at radius 1 is 1.35 bits per heavy atom. The molecule has 3 rings (SSSR count). The van der Waals surface area contributed by atoms with Gasteiger partial charge in [-0.15, -0.1) is 0 Å². The van der Waals surface area contributed by atoms with E-state index < -0.39 is 0 Å². The molecule has 0 saturated heterocycles. The molecule has 2 aromatic rings. The van der Waals surface area contributed by atoms with E-state index in [0.717, 1.165) is 21.3 Å². The number of nitrogens with two attached hydrogens (primary N) is 1. The van der Waals surface area contributed by atoms with E-state index in [9.17, 15) is 0 Å². The van der Waals surface area contributed by atoms with Crippen LogP contribution >= 0.6 is 15.9 Å². The fourth-order valence-electron chi connectivity index (χ4n) is 3.05. The Morgan fingerprint density at radius 2 is 2.10 bits per heavy atom. The largest absolute Gasteiger partial charge is 0.495 e. The van der Waals surface area contributed by atoms with E-state index in [1.54, 1.807) is 13.3 Å². The van der Waals surface area contributed by atoms with Crippen LogP contribution in [0.4, 0.5) is 5.82 Å². The molecule has 5 heteroatoms. The van der Waals surface area contributed by atoms with Gasteiger partial charge in [-0.2, -0.15) is 5.10 Å². The number of H-pyrrole nitrogens is 1. The van der Waals surface area contributed by atoms with Crippen LogP contribution < -0.4 is 10.5 Å². The van der Waals surface area contributed by atoms with Crippen LogP contribution in [0, 0.1) is 0 Å². The number of anilines is 1. The van der Waals surface area contributed by atoms with E-state index in [1.165, 1.54) is 31.2 Å². The van der Waals surface area contributed by atoms with E-state index in [4.69, 9.17) is 10.5 Å². The third-order valence-electron chi connectivity index (χ3n) is 4.05. The lowest BCUT2D eigenvalue weighted by molar-refractivity contribution is 0.403. The molecular formula is C15H18BrN3O. The van der Waals surface area contributed by atoms with Gasteiger partial charge < -0.3 is 10.5 Å². The van der Waals surface area contributed by atoms with E-state index in [2.05, 4.69) is 32.2 Å². The molecule has 0 unspecified atom stereocenters. The quantitative estimate of drug-likeness (QED) is 0.887. The van der Waals surface area contributed by atoms with Crippen molar-refractivity contribution in [1.82, 2.24) is 10.2 Å². The first-order chi connectivity index (χ1) is 9.70. The zero-order valence-corrected chi connectivity index (χ0v) is 13.0. The number of aromatic nitrogens is 2. The predicted molar refractivity (Wildman–Crippen MR) is 83.9 cm³/mol. The molecule has 1 aliphatic rings. The van der Waals surface area contributed by atoms with Crippen molar-refractivity contribution in [2.75, 3.05) is 12.8 Å². The van der Waals surface area contributed by atoms with Crippen LogP contribution in [0.25, 0.3) is 11.1 Å². The number of ether oxygens (including phenoxy) is 1. The molecule has 0 radical (unpaired) electrons. The number of aromatic amines is 1. The van der Waals surface area contributed by atoms with Crippen molar-refractivity contribution in [1.29, 1.82) is 0 Å². The number of benzene rings is 1. The highest BCUT2D eigenvalue weighted by Crippen LogP contribution is 2.44. The molecular weight excluding hydrogens is 318 g/mol. The number of hydrogen-bond donors (Lipinski definition) is 2. The lowest BCUT2D eigenvalue weighted by Crippen LogP contribution is -1.99. The molecule has 1 fully saturated rings. The average molecular weight is 336 g/mol. The number of halogens is 1. The van der Waals surface area contributed by atoms with Gasteiger partial charge in [0, 0.05) is 5.56 Å². The van der Waals surface area contributed by atoms with Gasteiger partial charge >= 0.3 is 0 Å². The van der Waals surface area contributed by atoms with E-state index in [0.29, 0.717) is 11.7 Å². The first-order valence-corrected chi connectivity index (χ1v) is 7.66. The molecule has 20 heavy (non-hydrogen) atoms. The van der Waals surface area contributed by atoms with Crippen molar-refractivity contribution in [3.05, 3.63) is 28.4 Å². The minimum atomic E-state index is 0.578. The van der Waals surface area contributed by atoms with Gasteiger partial charge in [0.2, 0.25) is 0 Å². The van der Waals surface area contributed by atoms with E-state index >= 15 is 0 Å². The first-order valence-electron chi connectivity index (χ1n) is 6.87. The van der Waals surface area contributed by atoms with Gasteiger partial charge in [0.1, 0.15) is 11.6 Å². The maximum atomic E-state index is 5.93. The third kappa shape index (κ3) is 2.30. The predicted octanol–water partition coefficient (Wildman–Crippen LogP) is 4.09. The zero-order valence-electron chi connectivity index (χ0n) is 11.4. The summed E-state index contributed by atoms with van der Waals surface area (Å²) in [6.07, 6.45) is 6.81. The molecule has 0 bridgehead atoms. The van der Waals surface area contributed by atoms with Crippen LogP contribution in [0.1, 0.15) is 37.2 Å². The molecule has 0 aliphatic heterocycles. The molecule has 106 valence electrons. The molecule has 0 spiro atoms. The van der Waals surface area contributed by atoms with Gasteiger partial charge in [0.25, 0.3) is 0 Å². The summed E-state index contributed by atoms with van der Waals surface area (Å²) in [5.41, 5.74) is 9.22. The number of hydrogen-bond acceptors (Lipinski definition) is 3. The van der Waals surface area contributed by atoms with Crippen molar-refractivity contribution in [2.24, 2.45) is 0 Å². The summed E-state index contributed by atoms with van der Waals surface area (Å²) in [4.78, 5) is 0. The van der Waals surface area contributed by atoms with Crippen LogP contribution in [-0.2, 0) is 0 Å². The van der Waals surface area contributed by atoms with Crippen molar-refractivity contribution < 1.29 is 4.74 Å². The Labute approximate surface area is 126 Å². The van der Waals surface area contributed by atoms with Gasteiger partial charge in [-0.1, -0.05) is 12.8 Å². The van der Waals surface area contributed by atoms with Gasteiger partial charge in [0.05, 0.1) is 17.8 Å². The standard InChI is InChI=1S/C15H18BrN3O/c1-20-14-11(9-4-2-3-5-9)6-10(7-13(14)16)12-8-18-19-15(12)17/h6-9H,2-5H2,1H3,(H3,17,18,19). The van der Waals surface area contributed by atoms with Gasteiger partial charge in [-0.25, -0.2) is 0 Å². The van der Waals surface area contributed by atoms with Crippen LogP contribution in [0.5, 0.6) is 5.75 Å². The molecule has 0 atom stereocenters. The second kappa shape index (κ2) is 5.48. The lowest BCUT2D eigenvalue weighted by Gasteiger charge is -2.17. The van der Waals surface area contributed by atoms with E-state index in [-0.39, 0.29) is 0 Å². The molecule has 1 aromatic carbocycles. The molecule has 4 nitrogen and oxygen atoms in total. The Balaban J connectivity index is 2.11. The molecule has 1 saturated carbocycles. The Hall–Kier alpha value is -1.49. The molecule has 1 aromatic heterocycles. The molecule has 0 amide bonds. The third-order valence-corrected chi connectivity index (χ3v) is 4.64. The second-order valence-corrected chi connectivity index (χ2v) is 6.11. The van der Waals surface area contributed by atoms with Gasteiger partial charge in [-0.3, -0.25) is 5.10 Å². The minimum absolute atomic E-state index is 0.578. The van der Waals surface area contributed by atoms with Crippen LogP contribution in [-0.4, -0.2) is 17.3 Å². The number of rotatable bonds is 3. The summed E-state index contributed by atoms with van der Waals surface area (Å²) in [5, 5.41) is 6.79. The fraction of sp³-hybridized carbons (Fsp3) is 0.400. The highest BCUT2D eigenvalue weighted by Gasteiger charge is 2.23. The smallest absolute Gasteiger partial charge is 0.136 e. The van der Waals surface area contributed by atoms with Crippen molar-refractivity contribution >= 4 is 21.7 Å². The normalized spacial score (nSPS) is 15.7. The lowest BCUT2D eigenvalue weighted by atomic mass is 9.93. The highest BCUT2D eigenvalue weighted by atomic mass is 79.9. The Morgan fingerprint density at radius 3 is 2.70 bits per heavy atom. The van der Waals surface area contributed by atoms with Gasteiger partial charge in [0.15, 0.2) is 0 Å². The second-order valence-electron chi connectivity index (χ2n) is 5.26. The summed E-state index contributed by atoms with van der Waals surface area (Å²) < 4.78 is 6.56. The van der Waals surface area contributed by atoms with Gasteiger partial charge in [-0.05, 0) is 57.9 Å². The van der Waals surface area contributed by atoms with Crippen molar-refractivity contribution in [2.45, 2.75) is 31.6 Å². The monoisotopic (exact) mass is 335 g/mol. The summed E-state index contributed by atoms with van der Waals surface area (Å²) >= 11 is 3.62. The summed E-state index contributed by atoms with van der Waals surface area (Å²) in [6, 6.07) is 4.24. The summed E-state index contributed by atoms with van der Waals surface area (Å²) in [7, 11) is 1.73. The van der Waals surface area contributed by atoms with Crippen molar-refractivity contribution in [3.63, 3.8) is 0 Å². The number of nitrogens with zero attached hydrogens (tertiary/aromatic N) is 1. The maximum Gasteiger partial charge on any atom is 0.136 e. The fourth-order valence-corrected chi connectivity index (χ4v) is 3.69. The number of nitrogen functional groups attached to an aromatic ring is 1. The summed E-state index contributed by atoms with van der Waals surface area (Å²) in [5.74, 6) is 2.12. The number of methoxy groups -OCH3 is 1. The molecule has 1 aliphatic carbocycles. The summed E-state index contributed by atoms with van der Waals surface area (Å²) in [6.45, 7) is 0. The Kier molecular flexibility index (Phi) is 3.70. The van der Waals surface area contributed by atoms with Crippen LogP contribution in [0.15, 0.2) is 22.8 Å². The van der Waals surface area contributed by atoms with Crippen molar-refractivity contribution in [3.8, 4) is 16.9 Å². The van der Waals surface area contributed by atoms with Crippen LogP contribution in [0.2, 0.25) is 0 Å². The zero-order chi connectivity index (χ0) is 14.1. The first kappa shape index (κ1) is 13.5. The minimum Gasteiger partial charge on any atom is -0.495 e. The highest BCUT2D eigenvalue weighted by molar-refractivity contribution is 9.10. The van der Waals surface area contributed by atoms with Crippen LogP contribution in [0.3, 0.4) is 0 Å². The molecule has 3 N–H and O–H groups in total.